The Morgan fingerprint density at radius 3 is 2.56 bits per heavy atom. The minimum Gasteiger partial charge on any atom is -0.481 e. The summed E-state index contributed by atoms with van der Waals surface area (Å²) in [6.45, 7) is 4.00. The Labute approximate surface area is 110 Å². The molecule has 3 nitrogen and oxygen atoms in total. The molecule has 0 radical (unpaired) electrons. The normalized spacial score (nSPS) is 10.6. The minimum absolute atomic E-state index is 0.0133. The van der Waals surface area contributed by atoms with Crippen molar-refractivity contribution in [2.24, 2.45) is 0 Å². The molecule has 0 aliphatic carbocycles. The van der Waals surface area contributed by atoms with E-state index in [0.29, 0.717) is 5.01 Å². The molecule has 0 unspecified atom stereocenters. The number of carboxylic acid groups (broad SMARTS) is 1. The van der Waals surface area contributed by atoms with Crippen molar-refractivity contribution in [3.8, 4) is 0 Å². The predicted molar refractivity (Wildman–Crippen MR) is 72.2 cm³/mol. The highest BCUT2D eigenvalue weighted by Crippen LogP contribution is 2.22. The van der Waals surface area contributed by atoms with Gasteiger partial charge in [-0.2, -0.15) is 0 Å². The third kappa shape index (κ3) is 3.17. The third-order valence-electron chi connectivity index (χ3n) is 2.72. The molecule has 0 fully saturated rings. The maximum atomic E-state index is 10.7. The Kier molecular flexibility index (Phi) is 3.77. The van der Waals surface area contributed by atoms with Crippen LogP contribution in [0.25, 0.3) is 0 Å². The molecule has 0 aliphatic rings. The van der Waals surface area contributed by atoms with E-state index in [1.807, 2.05) is 6.92 Å². The van der Waals surface area contributed by atoms with E-state index in [1.165, 1.54) is 22.5 Å². The molecule has 0 bridgehead atoms. The summed E-state index contributed by atoms with van der Waals surface area (Å²) < 4.78 is 0. The van der Waals surface area contributed by atoms with Crippen molar-refractivity contribution in [3.05, 3.63) is 51.0 Å². The van der Waals surface area contributed by atoms with Crippen LogP contribution in [0.3, 0.4) is 0 Å². The van der Waals surface area contributed by atoms with Crippen LogP contribution in [0.15, 0.2) is 24.3 Å². The Bertz CT molecular complexity index is 558. The first kappa shape index (κ1) is 12.8. The molecule has 4 heteroatoms. The highest BCUT2D eigenvalue weighted by Gasteiger charge is 2.10. The van der Waals surface area contributed by atoms with Gasteiger partial charge in [-0.15, -0.1) is 11.3 Å². The minimum atomic E-state index is -0.828. The molecular weight excluding hydrogens is 246 g/mol. The second-order valence-corrected chi connectivity index (χ2v) is 5.52. The molecule has 0 spiro atoms. The standard InChI is InChI=1S/C14H15NO2S/c1-9-3-5-11(6-4-9)7-12-10(2)15-13(18-12)8-14(16)17/h3-6H,7-8H2,1-2H3,(H,16,17). The Balaban J connectivity index is 2.16. The van der Waals surface area contributed by atoms with Crippen LogP contribution in [0.2, 0.25) is 0 Å². The zero-order valence-corrected chi connectivity index (χ0v) is 11.3. The van der Waals surface area contributed by atoms with Gasteiger partial charge in [0.2, 0.25) is 0 Å². The van der Waals surface area contributed by atoms with Crippen molar-refractivity contribution in [2.45, 2.75) is 26.7 Å². The Morgan fingerprint density at radius 1 is 1.28 bits per heavy atom. The van der Waals surface area contributed by atoms with Crippen LogP contribution in [0.4, 0.5) is 0 Å². The monoisotopic (exact) mass is 261 g/mol. The van der Waals surface area contributed by atoms with Gasteiger partial charge in [0, 0.05) is 11.3 Å². The second-order valence-electron chi connectivity index (χ2n) is 4.35. The molecule has 0 saturated carbocycles. The Hall–Kier alpha value is -1.68. The highest BCUT2D eigenvalue weighted by atomic mass is 32.1. The number of nitrogens with zero attached hydrogens (tertiary/aromatic N) is 1. The molecule has 1 aromatic carbocycles. The van der Waals surface area contributed by atoms with Gasteiger partial charge < -0.3 is 5.11 Å². The van der Waals surface area contributed by atoms with Crippen molar-refractivity contribution in [1.29, 1.82) is 0 Å². The number of benzene rings is 1. The summed E-state index contributed by atoms with van der Waals surface area (Å²) in [6.07, 6.45) is 0.836. The van der Waals surface area contributed by atoms with Crippen LogP contribution in [0, 0.1) is 13.8 Å². The van der Waals surface area contributed by atoms with E-state index < -0.39 is 5.97 Å². The molecule has 94 valence electrons. The number of aliphatic carboxylic acids is 1. The maximum absolute atomic E-state index is 10.7. The summed E-state index contributed by atoms with van der Waals surface area (Å²) in [5.74, 6) is -0.828. The van der Waals surface area contributed by atoms with Crippen LogP contribution in [0.1, 0.15) is 26.7 Å². The second kappa shape index (κ2) is 5.31. The average molecular weight is 261 g/mol. The molecule has 1 N–H and O–H groups in total. The van der Waals surface area contributed by atoms with Gasteiger partial charge >= 0.3 is 5.97 Å². The number of aryl methyl sites for hydroxylation is 2. The van der Waals surface area contributed by atoms with Gasteiger partial charge in [-0.1, -0.05) is 29.8 Å². The lowest BCUT2D eigenvalue weighted by Gasteiger charge is -2.00. The molecule has 2 aromatic rings. The lowest BCUT2D eigenvalue weighted by molar-refractivity contribution is -0.136. The van der Waals surface area contributed by atoms with Crippen molar-refractivity contribution < 1.29 is 9.90 Å². The zero-order valence-electron chi connectivity index (χ0n) is 10.4. The lowest BCUT2D eigenvalue weighted by atomic mass is 10.1. The number of carbonyl (C=O) groups is 1. The lowest BCUT2D eigenvalue weighted by Crippen LogP contribution is -1.98. The van der Waals surface area contributed by atoms with E-state index in [4.69, 9.17) is 5.11 Å². The first-order valence-electron chi connectivity index (χ1n) is 5.77. The van der Waals surface area contributed by atoms with E-state index in [-0.39, 0.29) is 6.42 Å². The van der Waals surface area contributed by atoms with E-state index >= 15 is 0 Å². The first-order chi connectivity index (χ1) is 8.54. The number of hydrogen-bond donors (Lipinski definition) is 1. The van der Waals surface area contributed by atoms with Crippen molar-refractivity contribution in [3.63, 3.8) is 0 Å². The van der Waals surface area contributed by atoms with Gasteiger partial charge in [-0.05, 0) is 19.4 Å². The van der Waals surface area contributed by atoms with Gasteiger partial charge in [-0.25, -0.2) is 4.98 Å². The average Bonchev–Trinajstić information content (AvgIpc) is 2.61. The molecule has 1 heterocycles. The third-order valence-corrected chi connectivity index (χ3v) is 3.88. The fraction of sp³-hybridized carbons (Fsp3) is 0.286. The van der Waals surface area contributed by atoms with Crippen LogP contribution in [0.5, 0.6) is 0 Å². The highest BCUT2D eigenvalue weighted by molar-refractivity contribution is 7.11. The van der Waals surface area contributed by atoms with Crippen molar-refractivity contribution in [1.82, 2.24) is 4.98 Å². The SMILES string of the molecule is Cc1ccc(Cc2sc(CC(=O)O)nc2C)cc1. The largest absolute Gasteiger partial charge is 0.481 e. The van der Waals surface area contributed by atoms with E-state index in [9.17, 15) is 4.79 Å². The molecule has 0 saturated heterocycles. The van der Waals surface area contributed by atoms with E-state index in [0.717, 1.165) is 17.0 Å². The smallest absolute Gasteiger partial charge is 0.310 e. The molecule has 0 amide bonds. The Morgan fingerprint density at radius 2 is 1.94 bits per heavy atom. The number of hydrogen-bond acceptors (Lipinski definition) is 3. The number of thiazole rings is 1. The summed E-state index contributed by atoms with van der Waals surface area (Å²) in [5.41, 5.74) is 3.41. The van der Waals surface area contributed by atoms with Gasteiger partial charge in [-0.3, -0.25) is 4.79 Å². The molecular formula is C14H15NO2S. The summed E-state index contributed by atoms with van der Waals surface area (Å²) >= 11 is 1.49. The fourth-order valence-corrected chi connectivity index (χ4v) is 2.84. The van der Waals surface area contributed by atoms with E-state index in [1.54, 1.807) is 0 Å². The summed E-state index contributed by atoms with van der Waals surface area (Å²) in [5, 5.41) is 9.44. The first-order valence-corrected chi connectivity index (χ1v) is 6.59. The van der Waals surface area contributed by atoms with Gasteiger partial charge in [0.25, 0.3) is 0 Å². The maximum Gasteiger partial charge on any atom is 0.310 e. The van der Waals surface area contributed by atoms with Crippen LogP contribution >= 0.6 is 11.3 Å². The number of rotatable bonds is 4. The topological polar surface area (TPSA) is 50.2 Å². The summed E-state index contributed by atoms with van der Waals surface area (Å²) in [6, 6.07) is 8.38. The van der Waals surface area contributed by atoms with E-state index in [2.05, 4.69) is 36.2 Å². The van der Waals surface area contributed by atoms with Gasteiger partial charge in [0.15, 0.2) is 0 Å². The van der Waals surface area contributed by atoms with Crippen LogP contribution < -0.4 is 0 Å². The molecule has 18 heavy (non-hydrogen) atoms. The summed E-state index contributed by atoms with van der Waals surface area (Å²) in [4.78, 5) is 16.1. The quantitative estimate of drug-likeness (QED) is 0.920. The molecule has 0 aliphatic heterocycles. The molecule has 2 rings (SSSR count). The van der Waals surface area contributed by atoms with Gasteiger partial charge in [0.1, 0.15) is 5.01 Å². The van der Waals surface area contributed by atoms with Crippen LogP contribution in [-0.4, -0.2) is 16.1 Å². The summed E-state index contributed by atoms with van der Waals surface area (Å²) in [7, 11) is 0. The van der Waals surface area contributed by atoms with Crippen LogP contribution in [-0.2, 0) is 17.6 Å². The molecule has 1 aromatic heterocycles. The predicted octanol–water partition coefficient (Wildman–Crippen LogP) is 2.98. The number of aromatic nitrogens is 1. The zero-order chi connectivity index (χ0) is 13.1. The van der Waals surface area contributed by atoms with Gasteiger partial charge in [0.05, 0.1) is 12.1 Å². The fourth-order valence-electron chi connectivity index (χ4n) is 1.75. The van der Waals surface area contributed by atoms with Crippen molar-refractivity contribution in [2.75, 3.05) is 0 Å². The molecule has 0 atom stereocenters. The van der Waals surface area contributed by atoms with Crippen molar-refractivity contribution >= 4 is 17.3 Å². The number of carboxylic acids is 1.